The van der Waals surface area contributed by atoms with Crippen molar-refractivity contribution in [3.05, 3.63) is 54.6 Å². The van der Waals surface area contributed by atoms with Gasteiger partial charge in [0.05, 0.1) is 11.4 Å². The van der Waals surface area contributed by atoms with Crippen molar-refractivity contribution in [2.45, 2.75) is 13.3 Å². The summed E-state index contributed by atoms with van der Waals surface area (Å²) >= 11 is 0. The quantitative estimate of drug-likeness (QED) is 0.776. The van der Waals surface area contributed by atoms with Gasteiger partial charge >= 0.3 is 0 Å². The van der Waals surface area contributed by atoms with Crippen LogP contribution in [0.4, 0.5) is 10.1 Å². The van der Waals surface area contributed by atoms with E-state index in [4.69, 9.17) is 0 Å². The van der Waals surface area contributed by atoms with Crippen LogP contribution < -0.4 is 5.32 Å². The number of nitrogens with one attached hydrogen (secondary N) is 1. The van der Waals surface area contributed by atoms with E-state index in [9.17, 15) is 4.39 Å². The van der Waals surface area contributed by atoms with E-state index in [2.05, 4.69) is 17.2 Å². The summed E-state index contributed by atoms with van der Waals surface area (Å²) < 4.78 is 14.9. The molecule has 3 rings (SSSR count). The van der Waals surface area contributed by atoms with Crippen LogP contribution in [0.5, 0.6) is 0 Å². The Morgan fingerprint density at radius 3 is 2.65 bits per heavy atom. The molecule has 4 heteroatoms. The molecule has 3 nitrogen and oxygen atoms in total. The van der Waals surface area contributed by atoms with Crippen molar-refractivity contribution in [1.82, 2.24) is 9.38 Å². The number of benzene rings is 1. The van der Waals surface area contributed by atoms with Gasteiger partial charge in [-0.15, -0.1) is 0 Å². The minimum Gasteiger partial charge on any atom is -0.384 e. The summed E-state index contributed by atoms with van der Waals surface area (Å²) in [7, 11) is 0. The molecule has 102 valence electrons. The zero-order valence-corrected chi connectivity index (χ0v) is 11.3. The van der Waals surface area contributed by atoms with Gasteiger partial charge in [0.2, 0.25) is 0 Å². The monoisotopic (exact) mass is 269 g/mol. The second-order valence-electron chi connectivity index (χ2n) is 4.74. The molecule has 1 aromatic carbocycles. The van der Waals surface area contributed by atoms with Crippen LogP contribution in [0.2, 0.25) is 0 Å². The number of hydrogen-bond donors (Lipinski definition) is 1. The average Bonchev–Trinajstić information content (AvgIpc) is 2.89. The lowest BCUT2D eigenvalue weighted by molar-refractivity contribution is 0.628. The van der Waals surface area contributed by atoms with E-state index in [1.165, 1.54) is 12.1 Å². The Morgan fingerprint density at radius 1 is 1.10 bits per heavy atom. The van der Waals surface area contributed by atoms with Gasteiger partial charge in [-0.2, -0.15) is 0 Å². The van der Waals surface area contributed by atoms with Crippen molar-refractivity contribution in [1.29, 1.82) is 0 Å². The number of fused-ring (bicyclic) bond motifs is 1. The molecule has 0 aliphatic carbocycles. The number of aromatic nitrogens is 2. The van der Waals surface area contributed by atoms with Crippen LogP contribution in [0.1, 0.15) is 13.3 Å². The van der Waals surface area contributed by atoms with Gasteiger partial charge in [-0.25, -0.2) is 9.37 Å². The molecule has 3 aromatic rings. The maximum atomic E-state index is 12.9. The van der Waals surface area contributed by atoms with Gasteiger partial charge < -0.3 is 9.72 Å². The molecule has 0 saturated heterocycles. The first kappa shape index (κ1) is 12.7. The molecule has 0 unspecified atom stereocenters. The number of imidazole rings is 1. The van der Waals surface area contributed by atoms with Crippen LogP contribution in [0.25, 0.3) is 16.9 Å². The third-order valence-electron chi connectivity index (χ3n) is 3.17. The number of halogens is 1. The SMILES string of the molecule is CCCNc1ccc2nc(-c3ccc(F)cc3)cn2c1. The van der Waals surface area contributed by atoms with Crippen molar-refractivity contribution in [2.75, 3.05) is 11.9 Å². The molecule has 0 spiro atoms. The van der Waals surface area contributed by atoms with Gasteiger partial charge in [0.15, 0.2) is 0 Å². The topological polar surface area (TPSA) is 29.3 Å². The van der Waals surface area contributed by atoms with Crippen LogP contribution in [0, 0.1) is 5.82 Å². The molecule has 20 heavy (non-hydrogen) atoms. The van der Waals surface area contributed by atoms with E-state index in [1.807, 2.05) is 28.9 Å². The van der Waals surface area contributed by atoms with Crippen molar-refractivity contribution < 1.29 is 4.39 Å². The van der Waals surface area contributed by atoms with Crippen LogP contribution in [-0.4, -0.2) is 15.9 Å². The van der Waals surface area contributed by atoms with Gasteiger partial charge in [0.25, 0.3) is 0 Å². The number of pyridine rings is 1. The molecule has 0 aliphatic heterocycles. The minimum absolute atomic E-state index is 0.233. The molecule has 0 fully saturated rings. The van der Waals surface area contributed by atoms with Crippen molar-refractivity contribution in [3.8, 4) is 11.3 Å². The van der Waals surface area contributed by atoms with Gasteiger partial charge in [-0.3, -0.25) is 0 Å². The van der Waals surface area contributed by atoms with E-state index in [-0.39, 0.29) is 5.82 Å². The maximum Gasteiger partial charge on any atom is 0.137 e. The smallest absolute Gasteiger partial charge is 0.137 e. The van der Waals surface area contributed by atoms with Crippen LogP contribution >= 0.6 is 0 Å². The normalized spacial score (nSPS) is 10.9. The van der Waals surface area contributed by atoms with Gasteiger partial charge in [0, 0.05) is 24.5 Å². The first-order chi connectivity index (χ1) is 9.76. The van der Waals surface area contributed by atoms with Gasteiger partial charge in [-0.05, 0) is 42.8 Å². The molecule has 0 atom stereocenters. The Morgan fingerprint density at radius 2 is 1.90 bits per heavy atom. The second-order valence-corrected chi connectivity index (χ2v) is 4.74. The highest BCUT2D eigenvalue weighted by atomic mass is 19.1. The van der Waals surface area contributed by atoms with Crippen molar-refractivity contribution >= 4 is 11.3 Å². The highest BCUT2D eigenvalue weighted by Gasteiger charge is 2.05. The average molecular weight is 269 g/mol. The fourth-order valence-electron chi connectivity index (χ4n) is 2.13. The van der Waals surface area contributed by atoms with Crippen LogP contribution in [-0.2, 0) is 0 Å². The molecule has 0 bridgehead atoms. The summed E-state index contributed by atoms with van der Waals surface area (Å²) in [4.78, 5) is 4.55. The molecule has 0 amide bonds. The standard InChI is InChI=1S/C16H16FN3/c1-2-9-18-14-7-8-16-19-15(11-20(16)10-14)12-3-5-13(17)6-4-12/h3-8,10-11,18H,2,9H2,1H3. The number of rotatable bonds is 4. The molecule has 0 radical (unpaired) electrons. The van der Waals surface area contributed by atoms with Crippen LogP contribution in [0.15, 0.2) is 48.8 Å². The zero-order chi connectivity index (χ0) is 13.9. The summed E-state index contributed by atoms with van der Waals surface area (Å²) in [6.45, 7) is 3.08. The first-order valence-electron chi connectivity index (χ1n) is 6.75. The summed E-state index contributed by atoms with van der Waals surface area (Å²) in [5, 5.41) is 3.34. The number of hydrogen-bond acceptors (Lipinski definition) is 2. The Labute approximate surface area is 117 Å². The van der Waals surface area contributed by atoms with E-state index in [1.54, 1.807) is 12.1 Å². The Kier molecular flexibility index (Phi) is 3.37. The fraction of sp³-hybridized carbons (Fsp3) is 0.188. The third kappa shape index (κ3) is 2.50. The number of nitrogens with zero attached hydrogens (tertiary/aromatic N) is 2. The molecular formula is C16H16FN3. The predicted molar refractivity (Wildman–Crippen MR) is 79.4 cm³/mol. The molecular weight excluding hydrogens is 253 g/mol. The predicted octanol–water partition coefficient (Wildman–Crippen LogP) is 3.96. The first-order valence-corrected chi connectivity index (χ1v) is 6.75. The Balaban J connectivity index is 1.95. The van der Waals surface area contributed by atoms with Crippen LogP contribution in [0.3, 0.4) is 0 Å². The molecule has 2 heterocycles. The lowest BCUT2D eigenvalue weighted by Crippen LogP contribution is -2.00. The Hall–Kier alpha value is -2.36. The zero-order valence-electron chi connectivity index (χ0n) is 11.3. The van der Waals surface area contributed by atoms with E-state index < -0.39 is 0 Å². The largest absolute Gasteiger partial charge is 0.384 e. The molecule has 2 aromatic heterocycles. The number of anilines is 1. The summed E-state index contributed by atoms with van der Waals surface area (Å²) in [5.41, 5.74) is 3.71. The maximum absolute atomic E-state index is 12.9. The summed E-state index contributed by atoms with van der Waals surface area (Å²) in [6, 6.07) is 10.4. The lowest BCUT2D eigenvalue weighted by Gasteiger charge is -2.04. The molecule has 1 N–H and O–H groups in total. The Bertz CT molecular complexity index is 716. The summed E-state index contributed by atoms with van der Waals surface area (Å²) in [5.74, 6) is -0.233. The second kappa shape index (κ2) is 5.33. The third-order valence-corrected chi connectivity index (χ3v) is 3.17. The highest BCUT2D eigenvalue weighted by Crippen LogP contribution is 2.20. The van der Waals surface area contributed by atoms with E-state index in [0.29, 0.717) is 0 Å². The summed E-state index contributed by atoms with van der Waals surface area (Å²) in [6.07, 6.45) is 5.06. The molecule has 0 saturated carbocycles. The van der Waals surface area contributed by atoms with Crippen molar-refractivity contribution in [3.63, 3.8) is 0 Å². The van der Waals surface area contributed by atoms with Gasteiger partial charge in [-0.1, -0.05) is 6.92 Å². The fourth-order valence-corrected chi connectivity index (χ4v) is 2.13. The van der Waals surface area contributed by atoms with E-state index in [0.717, 1.165) is 35.6 Å². The van der Waals surface area contributed by atoms with Gasteiger partial charge in [0.1, 0.15) is 11.5 Å². The lowest BCUT2D eigenvalue weighted by atomic mass is 10.2. The highest BCUT2D eigenvalue weighted by molar-refractivity contribution is 5.63. The van der Waals surface area contributed by atoms with Crippen molar-refractivity contribution in [2.24, 2.45) is 0 Å². The van der Waals surface area contributed by atoms with E-state index >= 15 is 0 Å². The minimum atomic E-state index is -0.233. The molecule has 0 aliphatic rings.